The quantitative estimate of drug-likeness (QED) is 0.558. The minimum absolute atomic E-state index is 0.765. The number of halogens is 1. The van der Waals surface area contributed by atoms with Crippen molar-refractivity contribution in [3.63, 3.8) is 0 Å². The molecule has 0 fully saturated rings. The number of fused-ring (bicyclic) bond motifs is 3. The van der Waals surface area contributed by atoms with Crippen molar-refractivity contribution in [2.24, 2.45) is 0 Å². The van der Waals surface area contributed by atoms with Crippen LogP contribution < -0.4 is 0 Å². The molecular formula is C17H15ClN2S2. The fourth-order valence-corrected chi connectivity index (χ4v) is 5.41. The molecule has 3 aromatic rings. The lowest BCUT2D eigenvalue weighted by Gasteiger charge is -2.11. The highest BCUT2D eigenvalue weighted by Crippen LogP contribution is 2.41. The third kappa shape index (κ3) is 2.64. The molecule has 22 heavy (non-hydrogen) atoms. The standard InChI is InChI=1S/C17H15ClN2S2/c1-10-19-16(21-12-8-6-11(18)7-9-12)15-13-4-2-3-5-14(13)22-17(15)20-10/h6-9H,2-5H2,1H3. The van der Waals surface area contributed by atoms with Gasteiger partial charge >= 0.3 is 0 Å². The highest BCUT2D eigenvalue weighted by Gasteiger charge is 2.21. The van der Waals surface area contributed by atoms with E-state index in [1.54, 1.807) is 11.8 Å². The van der Waals surface area contributed by atoms with Gasteiger partial charge in [0.2, 0.25) is 0 Å². The molecule has 0 saturated heterocycles. The molecule has 0 unspecified atom stereocenters. The zero-order valence-corrected chi connectivity index (χ0v) is 14.6. The number of nitrogens with zero attached hydrogens (tertiary/aromatic N) is 2. The topological polar surface area (TPSA) is 25.8 Å². The summed E-state index contributed by atoms with van der Waals surface area (Å²) < 4.78 is 0. The van der Waals surface area contributed by atoms with Crippen molar-refractivity contribution >= 4 is 44.9 Å². The summed E-state index contributed by atoms with van der Waals surface area (Å²) in [5.74, 6) is 0.850. The first-order valence-corrected chi connectivity index (χ1v) is 9.44. The van der Waals surface area contributed by atoms with E-state index in [9.17, 15) is 0 Å². The zero-order chi connectivity index (χ0) is 15.1. The molecule has 0 bridgehead atoms. The fourth-order valence-electron chi connectivity index (χ4n) is 2.91. The second-order valence-electron chi connectivity index (χ2n) is 5.52. The van der Waals surface area contributed by atoms with Gasteiger partial charge in [-0.3, -0.25) is 0 Å². The van der Waals surface area contributed by atoms with Crippen LogP contribution in [0.25, 0.3) is 10.2 Å². The van der Waals surface area contributed by atoms with Crippen LogP contribution in [0, 0.1) is 6.92 Å². The monoisotopic (exact) mass is 346 g/mol. The molecule has 0 amide bonds. The van der Waals surface area contributed by atoms with Gasteiger partial charge in [-0.1, -0.05) is 23.4 Å². The van der Waals surface area contributed by atoms with Crippen molar-refractivity contribution in [2.75, 3.05) is 0 Å². The van der Waals surface area contributed by atoms with E-state index in [0.717, 1.165) is 27.1 Å². The predicted octanol–water partition coefficient (Wildman–Crippen LogP) is 5.68. The van der Waals surface area contributed by atoms with Crippen molar-refractivity contribution in [1.29, 1.82) is 0 Å². The Labute approximate surface area is 142 Å². The summed E-state index contributed by atoms with van der Waals surface area (Å²) in [6.07, 6.45) is 4.93. The number of rotatable bonds is 2. The lowest BCUT2D eigenvalue weighted by Crippen LogP contribution is -1.99. The average Bonchev–Trinajstić information content (AvgIpc) is 2.87. The van der Waals surface area contributed by atoms with Crippen LogP contribution in [0.2, 0.25) is 5.02 Å². The van der Waals surface area contributed by atoms with Crippen molar-refractivity contribution in [3.05, 3.63) is 45.6 Å². The Balaban J connectivity index is 1.85. The Morgan fingerprint density at radius 1 is 1.09 bits per heavy atom. The minimum Gasteiger partial charge on any atom is -0.226 e. The van der Waals surface area contributed by atoms with Gasteiger partial charge in [-0.2, -0.15) is 0 Å². The first kappa shape index (κ1) is 14.5. The van der Waals surface area contributed by atoms with Gasteiger partial charge in [0.15, 0.2) is 0 Å². The molecule has 0 N–H and O–H groups in total. The van der Waals surface area contributed by atoms with Crippen LogP contribution in [0.15, 0.2) is 34.2 Å². The van der Waals surface area contributed by atoms with Gasteiger partial charge in [0.1, 0.15) is 15.7 Å². The second kappa shape index (κ2) is 5.84. The maximum atomic E-state index is 5.98. The Kier molecular flexibility index (Phi) is 3.84. The number of benzene rings is 1. The molecule has 0 saturated carbocycles. The third-order valence-corrected chi connectivity index (χ3v) is 6.36. The molecule has 0 radical (unpaired) electrons. The van der Waals surface area contributed by atoms with Gasteiger partial charge in [-0.15, -0.1) is 11.3 Å². The van der Waals surface area contributed by atoms with Crippen LogP contribution in [-0.2, 0) is 12.8 Å². The molecule has 2 nitrogen and oxygen atoms in total. The molecule has 4 rings (SSSR count). The first-order valence-electron chi connectivity index (χ1n) is 7.43. The van der Waals surface area contributed by atoms with Gasteiger partial charge < -0.3 is 0 Å². The normalized spacial score (nSPS) is 14.3. The summed E-state index contributed by atoms with van der Waals surface area (Å²) in [7, 11) is 0. The van der Waals surface area contributed by atoms with Crippen LogP contribution in [-0.4, -0.2) is 9.97 Å². The smallest absolute Gasteiger partial charge is 0.128 e. The van der Waals surface area contributed by atoms with Crippen molar-refractivity contribution in [3.8, 4) is 0 Å². The van der Waals surface area contributed by atoms with Gasteiger partial charge in [-0.05, 0) is 62.4 Å². The summed E-state index contributed by atoms with van der Waals surface area (Å²) in [5, 5.41) is 3.13. The largest absolute Gasteiger partial charge is 0.226 e. The number of hydrogen-bond acceptors (Lipinski definition) is 4. The van der Waals surface area contributed by atoms with Crippen molar-refractivity contribution < 1.29 is 0 Å². The van der Waals surface area contributed by atoms with Gasteiger partial charge in [0, 0.05) is 20.2 Å². The molecule has 0 aliphatic heterocycles. The van der Waals surface area contributed by atoms with Crippen molar-refractivity contribution in [1.82, 2.24) is 9.97 Å². The predicted molar refractivity (Wildman–Crippen MR) is 94.4 cm³/mol. The molecule has 1 aromatic carbocycles. The van der Waals surface area contributed by atoms with Gasteiger partial charge in [-0.25, -0.2) is 9.97 Å². The molecule has 0 spiro atoms. The van der Waals surface area contributed by atoms with E-state index >= 15 is 0 Å². The Hall–Kier alpha value is -1.10. The number of aromatic nitrogens is 2. The highest BCUT2D eigenvalue weighted by molar-refractivity contribution is 7.99. The molecule has 112 valence electrons. The van der Waals surface area contributed by atoms with Crippen LogP contribution in [0.3, 0.4) is 0 Å². The maximum Gasteiger partial charge on any atom is 0.128 e. The van der Waals surface area contributed by atoms with E-state index in [1.165, 1.54) is 40.0 Å². The molecular weight excluding hydrogens is 332 g/mol. The lowest BCUT2D eigenvalue weighted by atomic mass is 9.97. The molecule has 1 aliphatic carbocycles. The Bertz CT molecular complexity index is 840. The van der Waals surface area contributed by atoms with E-state index in [2.05, 4.69) is 17.1 Å². The zero-order valence-electron chi connectivity index (χ0n) is 12.2. The Morgan fingerprint density at radius 2 is 1.86 bits per heavy atom. The van der Waals surface area contributed by atoms with Crippen molar-refractivity contribution in [2.45, 2.75) is 42.5 Å². The molecule has 2 aromatic heterocycles. The van der Waals surface area contributed by atoms with E-state index in [1.807, 2.05) is 30.4 Å². The van der Waals surface area contributed by atoms with Crippen LogP contribution in [0.5, 0.6) is 0 Å². The van der Waals surface area contributed by atoms with E-state index in [-0.39, 0.29) is 0 Å². The molecule has 2 heterocycles. The Morgan fingerprint density at radius 3 is 2.68 bits per heavy atom. The lowest BCUT2D eigenvalue weighted by molar-refractivity contribution is 0.699. The number of hydrogen-bond donors (Lipinski definition) is 0. The van der Waals surface area contributed by atoms with E-state index in [4.69, 9.17) is 16.6 Å². The summed E-state index contributed by atoms with van der Waals surface area (Å²) in [6.45, 7) is 1.98. The van der Waals surface area contributed by atoms with E-state index in [0.29, 0.717) is 0 Å². The second-order valence-corrected chi connectivity index (χ2v) is 8.11. The summed E-state index contributed by atoms with van der Waals surface area (Å²) in [4.78, 5) is 13.2. The fraction of sp³-hybridized carbons (Fsp3) is 0.294. The van der Waals surface area contributed by atoms with Gasteiger partial charge in [0.25, 0.3) is 0 Å². The molecule has 5 heteroatoms. The minimum atomic E-state index is 0.765. The van der Waals surface area contributed by atoms with Crippen LogP contribution in [0.4, 0.5) is 0 Å². The summed E-state index contributed by atoms with van der Waals surface area (Å²) in [5.41, 5.74) is 1.49. The highest BCUT2D eigenvalue weighted by atomic mass is 35.5. The summed E-state index contributed by atoms with van der Waals surface area (Å²) >= 11 is 9.55. The molecule has 1 aliphatic rings. The van der Waals surface area contributed by atoms with E-state index < -0.39 is 0 Å². The molecule has 0 atom stereocenters. The number of thiophene rings is 1. The summed E-state index contributed by atoms with van der Waals surface area (Å²) in [6, 6.07) is 7.96. The van der Waals surface area contributed by atoms with Crippen LogP contribution >= 0.6 is 34.7 Å². The first-order chi connectivity index (χ1) is 10.7. The average molecular weight is 347 g/mol. The third-order valence-electron chi connectivity index (χ3n) is 3.92. The maximum absolute atomic E-state index is 5.98. The van der Waals surface area contributed by atoms with Gasteiger partial charge in [0.05, 0.1) is 0 Å². The SMILES string of the molecule is Cc1nc(Sc2ccc(Cl)cc2)c2c3c(sc2n1)CCCC3. The number of aryl methyl sites for hydroxylation is 3. The van der Waals surface area contributed by atoms with Crippen LogP contribution in [0.1, 0.15) is 29.1 Å².